The molecule has 2 heterocycles. The number of hydrogen-bond acceptors (Lipinski definition) is 5. The molecular weight excluding hydrogens is 262 g/mol. The van der Waals surface area contributed by atoms with Gasteiger partial charge in [-0.2, -0.15) is 5.21 Å². The number of H-pyrrole nitrogens is 1. The monoisotopic (exact) mass is 273 g/mol. The summed E-state index contributed by atoms with van der Waals surface area (Å²) in [5, 5.41) is 22.1. The smallest absolute Gasteiger partial charge is 0.336 e. The summed E-state index contributed by atoms with van der Waals surface area (Å²) in [6.45, 7) is 0.503. The van der Waals surface area contributed by atoms with Crippen molar-refractivity contribution in [3.63, 3.8) is 0 Å². The van der Waals surface area contributed by atoms with Crippen molar-refractivity contribution in [3.05, 3.63) is 35.2 Å². The molecule has 1 amide bonds. The Morgan fingerprint density at radius 3 is 2.90 bits per heavy atom. The number of hydrogen-bond donors (Lipinski definition) is 2. The minimum atomic E-state index is -0.990. The minimum absolute atomic E-state index is 0.0291. The van der Waals surface area contributed by atoms with Crippen molar-refractivity contribution in [2.24, 2.45) is 0 Å². The van der Waals surface area contributed by atoms with Crippen LogP contribution in [0.1, 0.15) is 33.0 Å². The van der Waals surface area contributed by atoms with Crippen LogP contribution >= 0.6 is 0 Å². The van der Waals surface area contributed by atoms with Gasteiger partial charge in [0.25, 0.3) is 11.7 Å². The van der Waals surface area contributed by atoms with E-state index in [1.54, 1.807) is 18.2 Å². The highest BCUT2D eigenvalue weighted by Crippen LogP contribution is 2.30. The van der Waals surface area contributed by atoms with Crippen molar-refractivity contribution in [1.29, 1.82) is 0 Å². The average Bonchev–Trinajstić information content (AvgIpc) is 2.99. The van der Waals surface area contributed by atoms with Crippen molar-refractivity contribution in [2.75, 3.05) is 11.4 Å². The summed E-state index contributed by atoms with van der Waals surface area (Å²) in [5.74, 6) is -1.41. The fourth-order valence-electron chi connectivity index (χ4n) is 2.41. The maximum Gasteiger partial charge on any atom is 0.336 e. The second-order valence-corrected chi connectivity index (χ2v) is 4.40. The number of carbonyl (C=O) groups is 2. The predicted octanol–water partition coefficient (Wildman–Crippen LogP) is 0.491. The number of anilines is 1. The first-order valence-electron chi connectivity index (χ1n) is 6.09. The van der Waals surface area contributed by atoms with E-state index in [0.717, 1.165) is 0 Å². The van der Waals surface area contributed by atoms with E-state index in [0.29, 0.717) is 30.6 Å². The lowest BCUT2D eigenvalue weighted by atomic mass is 9.96. The Bertz CT molecular complexity index is 668. The summed E-state index contributed by atoms with van der Waals surface area (Å²) in [5.41, 5.74) is 1.50. The highest BCUT2D eigenvalue weighted by Gasteiger charge is 2.28. The van der Waals surface area contributed by atoms with Crippen LogP contribution in [0.15, 0.2) is 18.2 Å². The molecular formula is C12H11N5O3. The van der Waals surface area contributed by atoms with Gasteiger partial charge < -0.3 is 10.0 Å². The van der Waals surface area contributed by atoms with Gasteiger partial charge in [-0.25, -0.2) is 4.79 Å². The number of nitrogens with zero attached hydrogens (tertiary/aromatic N) is 4. The normalized spacial score (nSPS) is 13.9. The number of fused-ring (bicyclic) bond motifs is 1. The third kappa shape index (κ3) is 1.91. The van der Waals surface area contributed by atoms with Crippen molar-refractivity contribution >= 4 is 17.6 Å². The van der Waals surface area contributed by atoms with E-state index >= 15 is 0 Å². The first-order valence-corrected chi connectivity index (χ1v) is 6.09. The first kappa shape index (κ1) is 12.3. The number of carboxylic acid groups (broad SMARTS) is 1. The Labute approximate surface area is 113 Å². The predicted molar refractivity (Wildman–Crippen MR) is 67.6 cm³/mol. The van der Waals surface area contributed by atoms with Crippen LogP contribution in [-0.4, -0.2) is 44.2 Å². The largest absolute Gasteiger partial charge is 0.478 e. The molecule has 8 nitrogen and oxygen atoms in total. The molecule has 8 heteroatoms. The lowest BCUT2D eigenvalue weighted by molar-refractivity contribution is 0.0695. The van der Waals surface area contributed by atoms with Crippen LogP contribution in [0.5, 0.6) is 0 Å². The van der Waals surface area contributed by atoms with Crippen molar-refractivity contribution in [2.45, 2.75) is 12.8 Å². The fraction of sp³-hybridized carbons (Fsp3) is 0.250. The van der Waals surface area contributed by atoms with Gasteiger partial charge in [0.05, 0.1) is 5.56 Å². The Morgan fingerprint density at radius 1 is 1.35 bits per heavy atom. The molecule has 2 aromatic rings. The minimum Gasteiger partial charge on any atom is -0.478 e. The summed E-state index contributed by atoms with van der Waals surface area (Å²) in [4.78, 5) is 25.0. The van der Waals surface area contributed by atoms with Crippen molar-refractivity contribution in [1.82, 2.24) is 20.6 Å². The topological polar surface area (TPSA) is 112 Å². The van der Waals surface area contributed by atoms with E-state index in [4.69, 9.17) is 0 Å². The number of aromatic amines is 1. The van der Waals surface area contributed by atoms with Gasteiger partial charge in [0.1, 0.15) is 0 Å². The molecule has 1 aliphatic rings. The maximum absolute atomic E-state index is 12.3. The van der Waals surface area contributed by atoms with E-state index in [1.165, 1.54) is 4.90 Å². The highest BCUT2D eigenvalue weighted by atomic mass is 16.4. The number of aromatic nitrogens is 4. The van der Waals surface area contributed by atoms with Gasteiger partial charge in [-0.15, -0.1) is 10.2 Å². The molecule has 0 aliphatic carbocycles. The summed E-state index contributed by atoms with van der Waals surface area (Å²) in [6.07, 6.45) is 1.33. The van der Waals surface area contributed by atoms with E-state index in [9.17, 15) is 14.7 Å². The molecule has 1 aromatic heterocycles. The van der Waals surface area contributed by atoms with Gasteiger partial charge in [0, 0.05) is 12.2 Å². The van der Waals surface area contributed by atoms with Crippen LogP contribution < -0.4 is 4.90 Å². The number of carbonyl (C=O) groups excluding carboxylic acids is 1. The standard InChI is InChI=1S/C12H11N5O3/c18-11(10-13-15-16-14-10)17-6-2-4-7-8(12(19)20)3-1-5-9(7)17/h1,3,5H,2,4,6H2,(H,19,20)(H,13,14,15,16). The van der Waals surface area contributed by atoms with Gasteiger partial charge in [-0.3, -0.25) is 4.79 Å². The zero-order valence-corrected chi connectivity index (χ0v) is 10.4. The molecule has 1 aliphatic heterocycles. The molecule has 2 N–H and O–H groups in total. The van der Waals surface area contributed by atoms with Crippen LogP contribution in [0.3, 0.4) is 0 Å². The molecule has 0 radical (unpaired) electrons. The fourth-order valence-corrected chi connectivity index (χ4v) is 2.41. The second kappa shape index (κ2) is 4.72. The first-order chi connectivity index (χ1) is 9.68. The number of nitrogens with one attached hydrogen (secondary N) is 1. The third-order valence-corrected chi connectivity index (χ3v) is 3.26. The van der Waals surface area contributed by atoms with Crippen LogP contribution in [-0.2, 0) is 6.42 Å². The summed E-state index contributed by atoms with van der Waals surface area (Å²) in [6, 6.07) is 4.91. The number of carboxylic acids is 1. The summed E-state index contributed by atoms with van der Waals surface area (Å²) < 4.78 is 0. The number of benzene rings is 1. The number of aromatic carboxylic acids is 1. The zero-order chi connectivity index (χ0) is 14.1. The zero-order valence-electron chi connectivity index (χ0n) is 10.4. The molecule has 1 aromatic carbocycles. The molecule has 0 saturated carbocycles. The molecule has 0 saturated heterocycles. The van der Waals surface area contributed by atoms with Crippen molar-refractivity contribution < 1.29 is 14.7 Å². The van der Waals surface area contributed by atoms with Crippen molar-refractivity contribution in [3.8, 4) is 0 Å². The lowest BCUT2D eigenvalue weighted by Gasteiger charge is -2.29. The van der Waals surface area contributed by atoms with E-state index < -0.39 is 5.97 Å². The van der Waals surface area contributed by atoms with E-state index in [2.05, 4.69) is 20.6 Å². The SMILES string of the molecule is O=C(O)c1cccc2c1CCCN2C(=O)c1nn[nH]n1. The third-order valence-electron chi connectivity index (χ3n) is 3.26. The molecule has 0 atom stereocenters. The summed E-state index contributed by atoms with van der Waals surface area (Å²) in [7, 11) is 0. The Kier molecular flexibility index (Phi) is 2.90. The van der Waals surface area contributed by atoms with Crippen LogP contribution in [0.25, 0.3) is 0 Å². The van der Waals surface area contributed by atoms with Gasteiger partial charge in [-0.1, -0.05) is 6.07 Å². The molecule has 20 heavy (non-hydrogen) atoms. The number of amides is 1. The molecule has 0 spiro atoms. The van der Waals surface area contributed by atoms with Gasteiger partial charge in [-0.05, 0) is 35.8 Å². The average molecular weight is 273 g/mol. The van der Waals surface area contributed by atoms with Gasteiger partial charge >= 0.3 is 5.97 Å². The van der Waals surface area contributed by atoms with Gasteiger partial charge in [0.2, 0.25) is 0 Å². The van der Waals surface area contributed by atoms with E-state index in [1.807, 2.05) is 0 Å². The quantitative estimate of drug-likeness (QED) is 0.823. The Morgan fingerprint density at radius 2 is 2.20 bits per heavy atom. The molecule has 3 rings (SSSR count). The Balaban J connectivity index is 2.05. The second-order valence-electron chi connectivity index (χ2n) is 4.40. The van der Waals surface area contributed by atoms with Crippen LogP contribution in [0.4, 0.5) is 5.69 Å². The molecule has 0 unspecified atom stereocenters. The highest BCUT2D eigenvalue weighted by molar-refractivity contribution is 6.05. The van der Waals surface area contributed by atoms with Crippen LogP contribution in [0, 0.1) is 0 Å². The number of tetrazole rings is 1. The molecule has 0 bridgehead atoms. The summed E-state index contributed by atoms with van der Waals surface area (Å²) >= 11 is 0. The molecule has 0 fully saturated rings. The lowest BCUT2D eigenvalue weighted by Crippen LogP contribution is -2.36. The number of rotatable bonds is 2. The van der Waals surface area contributed by atoms with E-state index in [-0.39, 0.29) is 17.3 Å². The molecule has 102 valence electrons. The van der Waals surface area contributed by atoms with Gasteiger partial charge in [0.15, 0.2) is 0 Å². The maximum atomic E-state index is 12.3. The van der Waals surface area contributed by atoms with Crippen LogP contribution in [0.2, 0.25) is 0 Å². The Hall–Kier alpha value is -2.77.